The molecule has 1 atom stereocenters. The standard InChI is InChI=1S/C22H24N6O3S/c1-15-8-10-18(11-9-15)27-21(26-12-3-4-13-26)24-25-22(27)32-16(2)20(29)23-17-6-5-7-19(14-17)28(30)31/h5-11,14,16H,3-4,12-13H2,1-2H3,(H,23,29). The number of rotatable bonds is 7. The van der Waals surface area contributed by atoms with Crippen molar-refractivity contribution in [1.29, 1.82) is 0 Å². The third kappa shape index (κ3) is 4.75. The van der Waals surface area contributed by atoms with Crippen molar-refractivity contribution < 1.29 is 9.72 Å². The molecule has 2 aromatic carbocycles. The largest absolute Gasteiger partial charge is 0.341 e. The van der Waals surface area contributed by atoms with Crippen molar-refractivity contribution in [3.63, 3.8) is 0 Å². The average Bonchev–Trinajstić information content (AvgIpc) is 3.44. The predicted octanol–water partition coefficient (Wildman–Crippen LogP) is 4.20. The number of carbonyl (C=O) groups excluding carboxylic acids is 1. The first-order valence-electron chi connectivity index (χ1n) is 10.4. The highest BCUT2D eigenvalue weighted by Gasteiger charge is 2.25. The van der Waals surface area contributed by atoms with Crippen molar-refractivity contribution in [2.45, 2.75) is 37.1 Å². The Balaban J connectivity index is 1.56. The summed E-state index contributed by atoms with van der Waals surface area (Å²) < 4.78 is 1.99. The normalized spacial score (nSPS) is 14.4. The molecule has 4 rings (SSSR count). The summed E-state index contributed by atoms with van der Waals surface area (Å²) in [5, 5.41) is 22.7. The smallest absolute Gasteiger partial charge is 0.271 e. The summed E-state index contributed by atoms with van der Waals surface area (Å²) in [7, 11) is 0. The maximum atomic E-state index is 12.8. The molecule has 1 aliphatic heterocycles. The number of carbonyl (C=O) groups is 1. The van der Waals surface area contributed by atoms with Gasteiger partial charge in [0.15, 0.2) is 5.16 Å². The van der Waals surface area contributed by atoms with Gasteiger partial charge in [0.05, 0.1) is 15.9 Å². The molecule has 0 saturated carbocycles. The van der Waals surface area contributed by atoms with Crippen molar-refractivity contribution in [3.8, 4) is 5.69 Å². The second kappa shape index (κ2) is 9.39. The molecule has 1 aromatic heterocycles. The molecule has 0 aliphatic carbocycles. The van der Waals surface area contributed by atoms with Crippen LogP contribution in [0, 0.1) is 17.0 Å². The maximum absolute atomic E-state index is 12.8. The Bertz CT molecular complexity index is 1120. The van der Waals surface area contributed by atoms with Gasteiger partial charge in [-0.2, -0.15) is 0 Å². The highest BCUT2D eigenvalue weighted by Crippen LogP contribution is 2.31. The molecular weight excluding hydrogens is 428 g/mol. The molecule has 2 heterocycles. The minimum absolute atomic E-state index is 0.0718. The quantitative estimate of drug-likeness (QED) is 0.325. The molecule has 0 spiro atoms. The molecule has 1 fully saturated rings. The van der Waals surface area contributed by atoms with Crippen LogP contribution in [0.5, 0.6) is 0 Å². The van der Waals surface area contributed by atoms with Crippen LogP contribution in [0.2, 0.25) is 0 Å². The Morgan fingerprint density at radius 2 is 1.88 bits per heavy atom. The number of nitrogens with zero attached hydrogens (tertiary/aromatic N) is 5. The highest BCUT2D eigenvalue weighted by molar-refractivity contribution is 8.00. The number of thioether (sulfide) groups is 1. The summed E-state index contributed by atoms with van der Waals surface area (Å²) in [5.41, 5.74) is 2.41. The number of non-ortho nitro benzene ring substituents is 1. The second-order valence-corrected chi connectivity index (χ2v) is 9.01. The number of hydrogen-bond acceptors (Lipinski definition) is 7. The first-order chi connectivity index (χ1) is 15.4. The molecule has 1 amide bonds. The highest BCUT2D eigenvalue weighted by atomic mass is 32.2. The molecular formula is C22H24N6O3S. The number of aryl methyl sites for hydroxylation is 1. The third-order valence-electron chi connectivity index (χ3n) is 5.27. The first-order valence-corrected chi connectivity index (χ1v) is 11.3. The van der Waals surface area contributed by atoms with E-state index in [1.165, 1.54) is 23.9 Å². The molecule has 32 heavy (non-hydrogen) atoms. The van der Waals surface area contributed by atoms with E-state index in [2.05, 4.69) is 20.4 Å². The summed E-state index contributed by atoms with van der Waals surface area (Å²) in [4.78, 5) is 25.5. The minimum Gasteiger partial charge on any atom is -0.341 e. The van der Waals surface area contributed by atoms with Gasteiger partial charge in [-0.25, -0.2) is 0 Å². The number of amides is 1. The van der Waals surface area contributed by atoms with Crippen LogP contribution < -0.4 is 10.2 Å². The summed E-state index contributed by atoms with van der Waals surface area (Å²) >= 11 is 1.30. The Morgan fingerprint density at radius 3 is 2.56 bits per heavy atom. The van der Waals surface area contributed by atoms with Gasteiger partial charge in [-0.3, -0.25) is 19.5 Å². The fraction of sp³-hybridized carbons (Fsp3) is 0.318. The zero-order chi connectivity index (χ0) is 22.7. The van der Waals surface area contributed by atoms with Gasteiger partial charge in [-0.05, 0) is 44.9 Å². The number of nitro groups is 1. The molecule has 1 aliphatic rings. The lowest BCUT2D eigenvalue weighted by Crippen LogP contribution is -2.24. The lowest BCUT2D eigenvalue weighted by Gasteiger charge is -2.19. The Morgan fingerprint density at radius 1 is 1.16 bits per heavy atom. The zero-order valence-corrected chi connectivity index (χ0v) is 18.7. The van der Waals surface area contributed by atoms with Gasteiger partial charge in [-0.15, -0.1) is 10.2 Å². The van der Waals surface area contributed by atoms with Crippen molar-refractivity contribution in [2.24, 2.45) is 0 Å². The maximum Gasteiger partial charge on any atom is 0.271 e. The molecule has 1 N–H and O–H groups in total. The lowest BCUT2D eigenvalue weighted by atomic mass is 10.2. The molecule has 0 radical (unpaired) electrons. The van der Waals surface area contributed by atoms with Gasteiger partial charge >= 0.3 is 0 Å². The van der Waals surface area contributed by atoms with E-state index in [4.69, 9.17) is 0 Å². The van der Waals surface area contributed by atoms with E-state index in [0.29, 0.717) is 10.8 Å². The third-order valence-corrected chi connectivity index (χ3v) is 6.32. The SMILES string of the molecule is Cc1ccc(-n2c(SC(C)C(=O)Nc3cccc([N+](=O)[O-])c3)nnc2N2CCCC2)cc1. The van der Waals surface area contributed by atoms with E-state index < -0.39 is 10.2 Å². The van der Waals surface area contributed by atoms with Gasteiger partial charge in [-0.1, -0.05) is 35.5 Å². The van der Waals surface area contributed by atoms with Crippen molar-refractivity contribution in [3.05, 3.63) is 64.2 Å². The summed E-state index contributed by atoms with van der Waals surface area (Å²) in [5.74, 6) is 0.511. The van der Waals surface area contributed by atoms with Crippen molar-refractivity contribution >= 4 is 35.0 Å². The van der Waals surface area contributed by atoms with Gasteiger partial charge < -0.3 is 10.2 Å². The second-order valence-electron chi connectivity index (χ2n) is 7.70. The van der Waals surface area contributed by atoms with E-state index in [0.717, 1.165) is 43.1 Å². The van der Waals surface area contributed by atoms with Crippen molar-refractivity contribution in [2.75, 3.05) is 23.3 Å². The molecule has 3 aromatic rings. The number of anilines is 2. The van der Waals surface area contributed by atoms with Crippen LogP contribution in [0.15, 0.2) is 53.7 Å². The fourth-order valence-electron chi connectivity index (χ4n) is 3.53. The van der Waals surface area contributed by atoms with Crippen LogP contribution in [0.3, 0.4) is 0 Å². The lowest BCUT2D eigenvalue weighted by molar-refractivity contribution is -0.384. The molecule has 1 unspecified atom stereocenters. The Kier molecular flexibility index (Phi) is 6.40. The molecule has 9 nitrogen and oxygen atoms in total. The molecule has 0 bridgehead atoms. The molecule has 166 valence electrons. The summed E-state index contributed by atoms with van der Waals surface area (Å²) in [6.07, 6.45) is 2.23. The molecule has 10 heteroatoms. The van der Waals surface area contributed by atoms with E-state index in [9.17, 15) is 14.9 Å². The van der Waals surface area contributed by atoms with Crippen LogP contribution >= 0.6 is 11.8 Å². The topological polar surface area (TPSA) is 106 Å². The number of benzene rings is 2. The van der Waals surface area contributed by atoms with E-state index in [-0.39, 0.29) is 11.6 Å². The van der Waals surface area contributed by atoms with Crippen LogP contribution in [-0.4, -0.2) is 43.9 Å². The van der Waals surface area contributed by atoms with Crippen LogP contribution in [-0.2, 0) is 4.79 Å². The van der Waals surface area contributed by atoms with E-state index in [1.54, 1.807) is 19.1 Å². The fourth-order valence-corrected chi connectivity index (χ4v) is 4.40. The number of aromatic nitrogens is 3. The Labute approximate surface area is 190 Å². The van der Waals surface area contributed by atoms with Crippen molar-refractivity contribution in [1.82, 2.24) is 14.8 Å². The Hall–Kier alpha value is -3.40. The minimum atomic E-state index is -0.492. The van der Waals surface area contributed by atoms with Crippen LogP contribution in [0.25, 0.3) is 5.69 Å². The predicted molar refractivity (Wildman–Crippen MR) is 125 cm³/mol. The van der Waals surface area contributed by atoms with Gasteiger partial charge in [0, 0.05) is 30.9 Å². The monoisotopic (exact) mass is 452 g/mol. The van der Waals surface area contributed by atoms with E-state index in [1.807, 2.05) is 35.8 Å². The van der Waals surface area contributed by atoms with Crippen LogP contribution in [0.1, 0.15) is 25.3 Å². The average molecular weight is 453 g/mol. The van der Waals surface area contributed by atoms with E-state index >= 15 is 0 Å². The van der Waals surface area contributed by atoms with Gasteiger partial charge in [0.2, 0.25) is 11.9 Å². The van der Waals surface area contributed by atoms with Crippen LogP contribution in [0.4, 0.5) is 17.3 Å². The number of nitrogens with one attached hydrogen (secondary N) is 1. The van der Waals surface area contributed by atoms with Gasteiger partial charge in [0.1, 0.15) is 0 Å². The zero-order valence-electron chi connectivity index (χ0n) is 17.9. The number of nitro benzene ring substituents is 1. The first kappa shape index (κ1) is 21.8. The molecule has 1 saturated heterocycles. The summed E-state index contributed by atoms with van der Waals surface area (Å²) in [6, 6.07) is 14.0. The van der Waals surface area contributed by atoms with Gasteiger partial charge in [0.25, 0.3) is 5.69 Å². The summed E-state index contributed by atoms with van der Waals surface area (Å²) in [6.45, 7) is 5.67. The number of hydrogen-bond donors (Lipinski definition) is 1.